The van der Waals surface area contributed by atoms with E-state index >= 15 is 0 Å². The number of rotatable bonds is 9. The number of hydrogen-bond donors (Lipinski definition) is 2. The molecule has 0 aromatic heterocycles. The van der Waals surface area contributed by atoms with Crippen LogP contribution in [-0.2, 0) is 6.42 Å². The van der Waals surface area contributed by atoms with E-state index in [1.54, 1.807) is 0 Å². The SMILES string of the molecule is CCCc1cc(-c2ccc(C(=N)N)cc2)ccc1OCCOc1cccc2ccccc12. The van der Waals surface area contributed by atoms with Crippen molar-refractivity contribution in [3.63, 3.8) is 0 Å². The van der Waals surface area contributed by atoms with Gasteiger partial charge in [-0.15, -0.1) is 0 Å². The Morgan fingerprint density at radius 3 is 2.22 bits per heavy atom. The predicted octanol–water partition coefficient (Wildman–Crippen LogP) is 6.20. The average molecular weight is 425 g/mol. The molecule has 0 aliphatic rings. The Balaban J connectivity index is 1.43. The van der Waals surface area contributed by atoms with Crippen molar-refractivity contribution < 1.29 is 9.47 Å². The number of aryl methyl sites for hydroxylation is 1. The highest BCUT2D eigenvalue weighted by atomic mass is 16.5. The molecule has 4 nitrogen and oxygen atoms in total. The van der Waals surface area contributed by atoms with Crippen molar-refractivity contribution in [3.05, 3.63) is 96.1 Å². The highest BCUT2D eigenvalue weighted by Gasteiger charge is 2.08. The van der Waals surface area contributed by atoms with Gasteiger partial charge in [-0.25, -0.2) is 0 Å². The zero-order chi connectivity index (χ0) is 22.3. The van der Waals surface area contributed by atoms with E-state index in [1.807, 2.05) is 54.6 Å². The molecule has 0 atom stereocenters. The molecule has 0 aliphatic carbocycles. The molecule has 4 heteroatoms. The van der Waals surface area contributed by atoms with Gasteiger partial charge in [-0.3, -0.25) is 5.41 Å². The lowest BCUT2D eigenvalue weighted by atomic mass is 9.99. The second-order valence-corrected chi connectivity index (χ2v) is 7.74. The zero-order valence-corrected chi connectivity index (χ0v) is 18.3. The largest absolute Gasteiger partial charge is 0.490 e. The summed E-state index contributed by atoms with van der Waals surface area (Å²) in [5.41, 5.74) is 9.70. The summed E-state index contributed by atoms with van der Waals surface area (Å²) >= 11 is 0. The van der Waals surface area contributed by atoms with Crippen LogP contribution in [0.25, 0.3) is 21.9 Å². The van der Waals surface area contributed by atoms with Crippen LogP contribution in [0.4, 0.5) is 0 Å². The lowest BCUT2D eigenvalue weighted by Gasteiger charge is -2.14. The van der Waals surface area contributed by atoms with E-state index in [0.717, 1.165) is 46.4 Å². The summed E-state index contributed by atoms with van der Waals surface area (Å²) in [4.78, 5) is 0. The predicted molar refractivity (Wildman–Crippen MR) is 132 cm³/mol. The fourth-order valence-electron chi connectivity index (χ4n) is 3.83. The molecule has 0 radical (unpaired) electrons. The molecule has 0 aliphatic heterocycles. The van der Waals surface area contributed by atoms with E-state index in [1.165, 1.54) is 10.9 Å². The van der Waals surface area contributed by atoms with Crippen LogP contribution in [-0.4, -0.2) is 19.0 Å². The lowest BCUT2D eigenvalue weighted by Crippen LogP contribution is -2.10. The molecule has 162 valence electrons. The van der Waals surface area contributed by atoms with Crippen molar-refractivity contribution in [2.45, 2.75) is 19.8 Å². The van der Waals surface area contributed by atoms with Crippen LogP contribution in [0, 0.1) is 5.41 Å². The quantitative estimate of drug-likeness (QED) is 0.191. The minimum absolute atomic E-state index is 0.0812. The molecule has 0 unspecified atom stereocenters. The molecule has 0 heterocycles. The van der Waals surface area contributed by atoms with Crippen LogP contribution in [0.1, 0.15) is 24.5 Å². The smallest absolute Gasteiger partial charge is 0.127 e. The average Bonchev–Trinajstić information content (AvgIpc) is 2.83. The monoisotopic (exact) mass is 424 g/mol. The maximum atomic E-state index is 7.55. The van der Waals surface area contributed by atoms with Gasteiger partial charge in [0.05, 0.1) is 0 Å². The molecule has 0 fully saturated rings. The highest BCUT2D eigenvalue weighted by Crippen LogP contribution is 2.29. The van der Waals surface area contributed by atoms with E-state index in [0.29, 0.717) is 13.2 Å². The van der Waals surface area contributed by atoms with Crippen molar-refractivity contribution in [2.75, 3.05) is 13.2 Å². The second-order valence-electron chi connectivity index (χ2n) is 7.74. The molecule has 0 amide bonds. The van der Waals surface area contributed by atoms with E-state index in [2.05, 4.69) is 37.3 Å². The van der Waals surface area contributed by atoms with Crippen molar-refractivity contribution in [3.8, 4) is 22.6 Å². The van der Waals surface area contributed by atoms with Gasteiger partial charge in [-0.05, 0) is 46.7 Å². The van der Waals surface area contributed by atoms with E-state index in [9.17, 15) is 0 Å². The number of nitrogens with one attached hydrogen (secondary N) is 1. The van der Waals surface area contributed by atoms with E-state index in [-0.39, 0.29) is 5.84 Å². The number of nitrogens with two attached hydrogens (primary N) is 1. The Bertz CT molecular complexity index is 1210. The summed E-state index contributed by atoms with van der Waals surface area (Å²) in [6.45, 7) is 3.13. The first-order chi connectivity index (χ1) is 15.7. The maximum Gasteiger partial charge on any atom is 0.127 e. The summed E-state index contributed by atoms with van der Waals surface area (Å²) in [5.74, 6) is 1.86. The van der Waals surface area contributed by atoms with Crippen LogP contribution in [0.5, 0.6) is 11.5 Å². The van der Waals surface area contributed by atoms with Gasteiger partial charge in [-0.2, -0.15) is 0 Å². The van der Waals surface area contributed by atoms with Crippen LogP contribution in [0.3, 0.4) is 0 Å². The van der Waals surface area contributed by atoms with Crippen molar-refractivity contribution >= 4 is 16.6 Å². The minimum atomic E-state index is 0.0812. The van der Waals surface area contributed by atoms with Gasteiger partial charge in [0, 0.05) is 10.9 Å². The van der Waals surface area contributed by atoms with Gasteiger partial charge in [-0.1, -0.05) is 80.1 Å². The first-order valence-corrected chi connectivity index (χ1v) is 11.0. The number of hydrogen-bond acceptors (Lipinski definition) is 3. The molecule has 0 spiro atoms. The molecule has 32 heavy (non-hydrogen) atoms. The van der Waals surface area contributed by atoms with Crippen LogP contribution >= 0.6 is 0 Å². The Morgan fingerprint density at radius 2 is 1.47 bits per heavy atom. The Kier molecular flexibility index (Phi) is 6.71. The van der Waals surface area contributed by atoms with Gasteiger partial charge in [0.2, 0.25) is 0 Å². The third-order valence-electron chi connectivity index (χ3n) is 5.46. The molecule has 4 aromatic rings. The molecule has 0 saturated carbocycles. The highest BCUT2D eigenvalue weighted by molar-refractivity contribution is 5.95. The topological polar surface area (TPSA) is 68.3 Å². The fourth-order valence-corrected chi connectivity index (χ4v) is 3.83. The van der Waals surface area contributed by atoms with Crippen molar-refractivity contribution in [1.82, 2.24) is 0 Å². The first-order valence-electron chi connectivity index (χ1n) is 11.0. The lowest BCUT2D eigenvalue weighted by molar-refractivity contribution is 0.217. The third kappa shape index (κ3) is 4.92. The molecular weight excluding hydrogens is 396 g/mol. The summed E-state index contributed by atoms with van der Waals surface area (Å²) in [6.07, 6.45) is 1.98. The maximum absolute atomic E-state index is 7.55. The summed E-state index contributed by atoms with van der Waals surface area (Å²) in [5, 5.41) is 9.84. The van der Waals surface area contributed by atoms with E-state index in [4.69, 9.17) is 20.6 Å². The first kappa shape index (κ1) is 21.4. The second kappa shape index (κ2) is 10.0. The van der Waals surface area contributed by atoms with Gasteiger partial charge >= 0.3 is 0 Å². The number of benzene rings is 4. The summed E-state index contributed by atoms with van der Waals surface area (Å²) in [6, 6.07) is 28.4. The Labute approximate surface area is 189 Å². The van der Waals surface area contributed by atoms with Gasteiger partial charge in [0.15, 0.2) is 0 Å². The van der Waals surface area contributed by atoms with Crippen LogP contribution in [0.15, 0.2) is 84.9 Å². The Morgan fingerprint density at radius 1 is 0.781 bits per heavy atom. The number of ether oxygens (including phenoxy) is 2. The van der Waals surface area contributed by atoms with Crippen LogP contribution < -0.4 is 15.2 Å². The molecule has 0 bridgehead atoms. The third-order valence-corrected chi connectivity index (χ3v) is 5.46. The summed E-state index contributed by atoms with van der Waals surface area (Å²) < 4.78 is 12.1. The fraction of sp³-hybridized carbons (Fsp3) is 0.179. The van der Waals surface area contributed by atoms with Crippen LogP contribution in [0.2, 0.25) is 0 Å². The number of amidine groups is 1. The number of nitrogen functional groups attached to an aromatic ring is 1. The van der Waals surface area contributed by atoms with Gasteiger partial charge in [0.25, 0.3) is 0 Å². The Hall–Kier alpha value is -3.79. The zero-order valence-electron chi connectivity index (χ0n) is 18.3. The van der Waals surface area contributed by atoms with Crippen molar-refractivity contribution in [1.29, 1.82) is 5.41 Å². The molecule has 3 N–H and O–H groups in total. The minimum Gasteiger partial charge on any atom is -0.490 e. The normalized spacial score (nSPS) is 10.8. The van der Waals surface area contributed by atoms with Gasteiger partial charge < -0.3 is 15.2 Å². The molecular formula is C28H28N2O2. The standard InChI is InChI=1S/C28H28N2O2/c1-2-6-24-19-23(20-11-13-22(14-12-20)28(29)30)15-16-26(24)31-17-18-32-27-10-5-8-21-7-3-4-9-25(21)27/h3-5,7-16,19H,2,6,17-18H2,1H3,(H3,29,30). The molecule has 4 rings (SSSR count). The molecule has 0 saturated heterocycles. The number of fused-ring (bicyclic) bond motifs is 1. The molecule has 4 aromatic carbocycles. The van der Waals surface area contributed by atoms with Crippen molar-refractivity contribution in [2.24, 2.45) is 5.73 Å². The van der Waals surface area contributed by atoms with E-state index < -0.39 is 0 Å². The van der Waals surface area contributed by atoms with Gasteiger partial charge in [0.1, 0.15) is 30.5 Å². The summed E-state index contributed by atoms with van der Waals surface area (Å²) in [7, 11) is 0.